The first-order valence-corrected chi connectivity index (χ1v) is 6.89. The molecule has 1 unspecified atom stereocenters. The lowest BCUT2D eigenvalue weighted by atomic mass is 9.97. The monoisotopic (exact) mass is 268 g/mol. The molecule has 0 aromatic carbocycles. The number of nitrogens with zero attached hydrogens (tertiary/aromatic N) is 1. The molecule has 0 spiro atoms. The second-order valence-electron chi connectivity index (χ2n) is 5.31. The fourth-order valence-electron chi connectivity index (χ4n) is 2.85. The fraction of sp³-hybridized carbons (Fsp3) is 0.769. The molecule has 106 valence electrons. The molecule has 0 aromatic heterocycles. The van der Waals surface area contributed by atoms with Crippen LogP contribution in [-0.4, -0.2) is 46.9 Å². The largest absolute Gasteiger partial charge is 0.480 e. The molecule has 19 heavy (non-hydrogen) atoms. The van der Waals surface area contributed by atoms with Gasteiger partial charge in [0.25, 0.3) is 0 Å². The lowest BCUT2D eigenvalue weighted by Crippen LogP contribution is -2.60. The summed E-state index contributed by atoms with van der Waals surface area (Å²) < 4.78 is 0. The Bertz CT molecular complexity index is 375. The van der Waals surface area contributed by atoms with Crippen LogP contribution in [0.15, 0.2) is 0 Å². The zero-order valence-electron chi connectivity index (χ0n) is 10.9. The molecule has 0 aromatic rings. The number of nitrogens with one attached hydrogen (secondary N) is 1. The second-order valence-corrected chi connectivity index (χ2v) is 5.31. The van der Waals surface area contributed by atoms with Crippen LogP contribution in [0.1, 0.15) is 38.5 Å². The van der Waals surface area contributed by atoms with Gasteiger partial charge < -0.3 is 15.3 Å². The quantitative estimate of drug-likeness (QED) is 0.708. The first kappa shape index (κ1) is 13.8. The summed E-state index contributed by atoms with van der Waals surface area (Å²) in [7, 11) is 0. The molecule has 0 radical (unpaired) electrons. The maximum absolute atomic E-state index is 12.4. The number of rotatable bonds is 2. The molecular weight excluding hydrogens is 248 g/mol. The van der Waals surface area contributed by atoms with Crippen LogP contribution >= 0.6 is 0 Å². The highest BCUT2D eigenvalue weighted by Gasteiger charge is 2.37. The summed E-state index contributed by atoms with van der Waals surface area (Å²) in [5.41, 5.74) is 0. The molecule has 1 aliphatic heterocycles. The van der Waals surface area contributed by atoms with Crippen molar-refractivity contribution < 1.29 is 19.5 Å². The average molecular weight is 268 g/mol. The van der Waals surface area contributed by atoms with E-state index in [0.29, 0.717) is 0 Å². The molecule has 1 saturated heterocycles. The van der Waals surface area contributed by atoms with E-state index in [-0.39, 0.29) is 30.8 Å². The molecule has 1 aliphatic carbocycles. The Morgan fingerprint density at radius 2 is 1.79 bits per heavy atom. The topological polar surface area (TPSA) is 86.7 Å². The third kappa shape index (κ3) is 3.24. The van der Waals surface area contributed by atoms with E-state index in [1.807, 2.05) is 0 Å². The van der Waals surface area contributed by atoms with Crippen molar-refractivity contribution in [3.8, 4) is 0 Å². The highest BCUT2D eigenvalue weighted by atomic mass is 16.4. The number of amides is 2. The van der Waals surface area contributed by atoms with Crippen LogP contribution < -0.4 is 5.32 Å². The predicted molar refractivity (Wildman–Crippen MR) is 67.3 cm³/mol. The summed E-state index contributed by atoms with van der Waals surface area (Å²) in [6, 6.07) is -0.923. The smallest absolute Gasteiger partial charge is 0.328 e. The van der Waals surface area contributed by atoms with Gasteiger partial charge in [-0.1, -0.05) is 25.7 Å². The van der Waals surface area contributed by atoms with Crippen molar-refractivity contribution in [3.05, 3.63) is 0 Å². The minimum atomic E-state index is -1.05. The van der Waals surface area contributed by atoms with Crippen LogP contribution in [0.3, 0.4) is 0 Å². The van der Waals surface area contributed by atoms with E-state index in [2.05, 4.69) is 5.32 Å². The van der Waals surface area contributed by atoms with Crippen LogP contribution in [0.25, 0.3) is 0 Å². The van der Waals surface area contributed by atoms with Gasteiger partial charge in [-0.2, -0.15) is 0 Å². The Balaban J connectivity index is 2.08. The number of hydrogen-bond donors (Lipinski definition) is 2. The van der Waals surface area contributed by atoms with Crippen molar-refractivity contribution >= 4 is 17.8 Å². The van der Waals surface area contributed by atoms with Crippen LogP contribution in [-0.2, 0) is 14.4 Å². The van der Waals surface area contributed by atoms with Gasteiger partial charge in [-0.15, -0.1) is 0 Å². The van der Waals surface area contributed by atoms with E-state index < -0.39 is 12.0 Å². The van der Waals surface area contributed by atoms with Crippen molar-refractivity contribution in [3.63, 3.8) is 0 Å². The Labute approximate surface area is 112 Å². The van der Waals surface area contributed by atoms with Gasteiger partial charge in [-0.25, -0.2) is 4.79 Å². The standard InChI is InChI=1S/C13H20N2O4/c16-11-8-15(10(7-14-11)13(18)19)12(17)9-5-3-1-2-4-6-9/h9-10H,1-8H2,(H,14,16)(H,18,19). The predicted octanol–water partition coefficient (Wildman–Crippen LogP) is 0.368. The van der Waals surface area contributed by atoms with Crippen LogP contribution in [0.5, 0.6) is 0 Å². The number of aliphatic carboxylic acids is 1. The molecule has 6 heteroatoms. The maximum atomic E-state index is 12.4. The summed E-state index contributed by atoms with van der Waals surface area (Å²) in [4.78, 5) is 36.3. The molecular formula is C13H20N2O4. The van der Waals surface area contributed by atoms with Crippen LogP contribution in [0.4, 0.5) is 0 Å². The first-order chi connectivity index (χ1) is 9.09. The van der Waals surface area contributed by atoms with Gasteiger partial charge in [0, 0.05) is 12.5 Å². The molecule has 1 atom stereocenters. The molecule has 0 bridgehead atoms. The third-order valence-corrected chi connectivity index (χ3v) is 3.96. The van der Waals surface area contributed by atoms with Crippen molar-refractivity contribution in [2.75, 3.05) is 13.1 Å². The minimum Gasteiger partial charge on any atom is -0.480 e. The van der Waals surface area contributed by atoms with E-state index in [9.17, 15) is 14.4 Å². The van der Waals surface area contributed by atoms with Gasteiger partial charge in [0.05, 0.1) is 0 Å². The second kappa shape index (κ2) is 6.04. The van der Waals surface area contributed by atoms with E-state index in [0.717, 1.165) is 38.5 Å². The summed E-state index contributed by atoms with van der Waals surface area (Å²) in [6.07, 6.45) is 5.90. The number of piperazine rings is 1. The van der Waals surface area contributed by atoms with Gasteiger partial charge in [-0.3, -0.25) is 9.59 Å². The SMILES string of the molecule is O=C1CN(C(=O)C2CCCCCC2)C(C(=O)O)CN1. The highest BCUT2D eigenvalue weighted by molar-refractivity contribution is 5.92. The average Bonchev–Trinajstić information content (AvgIpc) is 2.66. The Kier molecular flexibility index (Phi) is 4.39. The van der Waals surface area contributed by atoms with Gasteiger partial charge in [-0.05, 0) is 12.8 Å². The fourth-order valence-corrected chi connectivity index (χ4v) is 2.85. The van der Waals surface area contributed by atoms with E-state index in [1.165, 1.54) is 4.90 Å². The van der Waals surface area contributed by atoms with Crippen molar-refractivity contribution in [1.29, 1.82) is 0 Å². The van der Waals surface area contributed by atoms with Crippen molar-refractivity contribution in [2.45, 2.75) is 44.6 Å². The zero-order chi connectivity index (χ0) is 13.8. The zero-order valence-corrected chi connectivity index (χ0v) is 10.9. The molecule has 2 rings (SSSR count). The molecule has 2 aliphatic rings. The van der Waals surface area contributed by atoms with E-state index in [1.54, 1.807) is 0 Å². The molecule has 1 heterocycles. The van der Waals surface area contributed by atoms with Crippen LogP contribution in [0, 0.1) is 5.92 Å². The summed E-state index contributed by atoms with van der Waals surface area (Å²) in [5, 5.41) is 11.7. The third-order valence-electron chi connectivity index (χ3n) is 3.96. The minimum absolute atomic E-state index is 0.00657. The first-order valence-electron chi connectivity index (χ1n) is 6.89. The van der Waals surface area contributed by atoms with E-state index in [4.69, 9.17) is 5.11 Å². The summed E-state index contributed by atoms with van der Waals surface area (Å²) in [6.45, 7) is -0.126. The molecule has 6 nitrogen and oxygen atoms in total. The molecule has 2 amide bonds. The number of hydrogen-bond acceptors (Lipinski definition) is 3. The normalized spacial score (nSPS) is 25.6. The molecule has 1 saturated carbocycles. The number of carbonyl (C=O) groups excluding carboxylic acids is 2. The van der Waals surface area contributed by atoms with E-state index >= 15 is 0 Å². The lowest BCUT2D eigenvalue weighted by Gasteiger charge is -2.35. The van der Waals surface area contributed by atoms with Crippen molar-refractivity contribution in [2.24, 2.45) is 5.92 Å². The summed E-state index contributed by atoms with van der Waals surface area (Å²) >= 11 is 0. The number of carboxylic acid groups (broad SMARTS) is 1. The number of carboxylic acids is 1. The lowest BCUT2D eigenvalue weighted by molar-refractivity contribution is -0.156. The van der Waals surface area contributed by atoms with Gasteiger partial charge in [0.15, 0.2) is 0 Å². The molecule has 2 N–H and O–H groups in total. The van der Waals surface area contributed by atoms with Gasteiger partial charge in [0.2, 0.25) is 11.8 Å². The molecule has 2 fully saturated rings. The summed E-state index contributed by atoms with van der Waals surface area (Å²) in [5.74, 6) is -1.61. The van der Waals surface area contributed by atoms with Crippen LogP contribution in [0.2, 0.25) is 0 Å². The Hall–Kier alpha value is -1.59. The highest BCUT2D eigenvalue weighted by Crippen LogP contribution is 2.25. The van der Waals surface area contributed by atoms with Crippen molar-refractivity contribution in [1.82, 2.24) is 10.2 Å². The number of carbonyl (C=O) groups is 3. The Morgan fingerprint density at radius 3 is 2.37 bits per heavy atom. The maximum Gasteiger partial charge on any atom is 0.328 e. The van der Waals surface area contributed by atoms with Gasteiger partial charge in [0.1, 0.15) is 12.6 Å². The van der Waals surface area contributed by atoms with Gasteiger partial charge >= 0.3 is 5.97 Å². The Morgan fingerprint density at radius 1 is 1.16 bits per heavy atom.